The molecule has 0 bridgehead atoms. The zero-order valence-electron chi connectivity index (χ0n) is 17.8. The van der Waals surface area contributed by atoms with Gasteiger partial charge in [0.2, 0.25) is 10.0 Å². The molecular weight excluding hydrogens is 495 g/mol. The van der Waals surface area contributed by atoms with E-state index in [1.807, 2.05) is 0 Å². The maximum atomic E-state index is 15.1. The van der Waals surface area contributed by atoms with Crippen molar-refractivity contribution in [2.75, 3.05) is 12.3 Å². The van der Waals surface area contributed by atoms with Crippen LogP contribution in [0.15, 0.2) is 36.7 Å². The third kappa shape index (κ3) is 5.49. The third-order valence-electron chi connectivity index (χ3n) is 4.92. The summed E-state index contributed by atoms with van der Waals surface area (Å²) in [5, 5.41) is 0. The van der Waals surface area contributed by atoms with E-state index in [0.29, 0.717) is 17.1 Å². The highest BCUT2D eigenvalue weighted by atomic mass is 32.3. The number of hydrogen-bond donors (Lipinski definition) is 0. The van der Waals surface area contributed by atoms with E-state index in [1.54, 1.807) is 6.92 Å². The average molecular weight is 515 g/mol. The van der Waals surface area contributed by atoms with E-state index in [0.717, 1.165) is 0 Å². The van der Waals surface area contributed by atoms with Gasteiger partial charge in [-0.1, -0.05) is 6.92 Å². The first-order chi connectivity index (χ1) is 16.1. The highest BCUT2D eigenvalue weighted by molar-refractivity contribution is 7.99. The topological polar surface area (TPSA) is 120 Å². The van der Waals surface area contributed by atoms with E-state index in [1.165, 1.54) is 30.6 Å². The number of carbonyl (C=O) groups is 1. The second kappa shape index (κ2) is 10.7. The summed E-state index contributed by atoms with van der Waals surface area (Å²) in [6.07, 6.45) is 2.41. The number of carbonyl (C=O) groups excluding carboxylic acids is 1. The molecule has 0 aliphatic carbocycles. The largest absolute Gasteiger partial charge is 0.759 e. The normalized spacial score (nSPS) is 12.9. The summed E-state index contributed by atoms with van der Waals surface area (Å²) in [5.74, 6) is -5.97. The van der Waals surface area contributed by atoms with E-state index >= 15 is 4.39 Å². The van der Waals surface area contributed by atoms with Crippen LogP contribution in [0.5, 0.6) is 0 Å². The SMILES string of the molecule is CCCS(=O)(=O)N(CCCc1cc(F)c(F)c(C(=O)c2ccc3nccnc3c2)c1F)S(=O)[O-]. The third-order valence-corrected chi connectivity index (χ3v) is 8.20. The van der Waals surface area contributed by atoms with Gasteiger partial charge in [-0.3, -0.25) is 19.0 Å². The number of aryl methyl sites for hydroxylation is 1. The van der Waals surface area contributed by atoms with Gasteiger partial charge in [-0.25, -0.2) is 21.6 Å². The summed E-state index contributed by atoms with van der Waals surface area (Å²) in [6, 6.07) is 4.54. The minimum absolute atomic E-state index is 0.138. The molecule has 0 spiro atoms. The predicted molar refractivity (Wildman–Crippen MR) is 117 cm³/mol. The molecule has 1 heterocycles. The summed E-state index contributed by atoms with van der Waals surface area (Å²) in [6.45, 7) is 1.03. The van der Waals surface area contributed by atoms with Gasteiger partial charge in [-0.2, -0.15) is 0 Å². The quantitative estimate of drug-likeness (QED) is 0.232. The Morgan fingerprint density at radius 2 is 1.76 bits per heavy atom. The Morgan fingerprint density at radius 3 is 2.41 bits per heavy atom. The molecule has 0 radical (unpaired) electrons. The standard InChI is InChI=1S/C21H20F3N3O5S2/c1-2-10-34(31,32)27(33(29)30)9-3-4-13-11-15(22)20(24)18(19(13)23)21(28)14-5-6-16-17(12-14)26-8-7-25-16/h5-8,11-12H,2-4,9-10H2,1H3,(H,29,30)/p-1. The van der Waals surface area contributed by atoms with Crippen LogP contribution in [-0.4, -0.2) is 48.9 Å². The molecule has 1 aromatic heterocycles. The fourth-order valence-electron chi connectivity index (χ4n) is 3.35. The Morgan fingerprint density at radius 1 is 1.09 bits per heavy atom. The van der Waals surface area contributed by atoms with Crippen LogP contribution >= 0.6 is 0 Å². The van der Waals surface area contributed by atoms with Crippen molar-refractivity contribution in [2.45, 2.75) is 26.2 Å². The van der Waals surface area contributed by atoms with Crippen molar-refractivity contribution in [2.24, 2.45) is 0 Å². The van der Waals surface area contributed by atoms with Crippen LogP contribution in [0.3, 0.4) is 0 Å². The zero-order valence-corrected chi connectivity index (χ0v) is 19.5. The van der Waals surface area contributed by atoms with Crippen LogP contribution in [0.2, 0.25) is 0 Å². The Hall–Kier alpha value is -2.74. The molecule has 3 rings (SSSR count). The molecule has 13 heteroatoms. The van der Waals surface area contributed by atoms with E-state index in [2.05, 4.69) is 9.97 Å². The number of sulfonamides is 1. The van der Waals surface area contributed by atoms with Crippen LogP contribution in [0.25, 0.3) is 11.0 Å². The lowest BCUT2D eigenvalue weighted by molar-refractivity contribution is 0.102. The van der Waals surface area contributed by atoms with Crippen molar-refractivity contribution in [3.05, 3.63) is 70.8 Å². The summed E-state index contributed by atoms with van der Waals surface area (Å²) < 4.78 is 90.8. The number of aromatic nitrogens is 2. The smallest absolute Gasteiger partial charge is 0.224 e. The first kappa shape index (κ1) is 25.9. The van der Waals surface area contributed by atoms with Crippen molar-refractivity contribution in [1.82, 2.24) is 13.7 Å². The summed E-state index contributed by atoms with van der Waals surface area (Å²) in [7, 11) is -4.10. The van der Waals surface area contributed by atoms with Crippen LogP contribution in [0.1, 0.15) is 41.3 Å². The van der Waals surface area contributed by atoms with Crippen LogP contribution < -0.4 is 0 Å². The first-order valence-corrected chi connectivity index (χ1v) is 12.7. The molecule has 2 aromatic carbocycles. The van der Waals surface area contributed by atoms with Gasteiger partial charge < -0.3 is 4.55 Å². The maximum Gasteiger partial charge on any atom is 0.224 e. The molecule has 8 nitrogen and oxygen atoms in total. The second-order valence-corrected chi connectivity index (χ2v) is 10.4. The van der Waals surface area contributed by atoms with Gasteiger partial charge in [0, 0.05) is 35.8 Å². The molecule has 0 aliphatic rings. The monoisotopic (exact) mass is 514 g/mol. The molecule has 1 atom stereocenters. The van der Waals surface area contributed by atoms with E-state index in [9.17, 15) is 30.8 Å². The van der Waals surface area contributed by atoms with Crippen LogP contribution in [0.4, 0.5) is 13.2 Å². The Kier molecular flexibility index (Phi) is 8.13. The van der Waals surface area contributed by atoms with E-state index < -0.39 is 67.9 Å². The molecule has 34 heavy (non-hydrogen) atoms. The second-order valence-electron chi connectivity index (χ2n) is 7.27. The fraction of sp³-hybridized carbons (Fsp3) is 0.286. The molecule has 3 aromatic rings. The van der Waals surface area contributed by atoms with Crippen molar-refractivity contribution in [1.29, 1.82) is 0 Å². The number of halogens is 3. The highest BCUT2D eigenvalue weighted by Crippen LogP contribution is 2.25. The van der Waals surface area contributed by atoms with Gasteiger partial charge in [-0.15, -0.1) is 3.71 Å². The van der Waals surface area contributed by atoms with Gasteiger partial charge in [0.05, 0.1) is 22.3 Å². The van der Waals surface area contributed by atoms with Gasteiger partial charge >= 0.3 is 0 Å². The number of rotatable bonds is 10. The fourth-order valence-corrected chi connectivity index (χ4v) is 5.72. The molecule has 1 unspecified atom stereocenters. The predicted octanol–water partition coefficient (Wildman–Crippen LogP) is 3.05. The van der Waals surface area contributed by atoms with Crippen molar-refractivity contribution < 1.29 is 35.1 Å². The Balaban J connectivity index is 1.89. The number of benzene rings is 2. The minimum Gasteiger partial charge on any atom is -0.759 e. The molecule has 182 valence electrons. The minimum atomic E-state index is -4.10. The van der Waals surface area contributed by atoms with Gasteiger partial charge in [0.15, 0.2) is 17.4 Å². The van der Waals surface area contributed by atoms with Gasteiger partial charge in [0.25, 0.3) is 0 Å². The van der Waals surface area contributed by atoms with E-state index in [4.69, 9.17) is 0 Å². The van der Waals surface area contributed by atoms with Crippen LogP contribution in [-0.2, 0) is 27.7 Å². The van der Waals surface area contributed by atoms with Crippen molar-refractivity contribution in [3.63, 3.8) is 0 Å². The molecule has 0 amide bonds. The summed E-state index contributed by atoms with van der Waals surface area (Å²) in [5.41, 5.74) is -0.905. The molecule has 0 saturated carbocycles. The highest BCUT2D eigenvalue weighted by Gasteiger charge is 2.26. The van der Waals surface area contributed by atoms with Crippen molar-refractivity contribution >= 4 is 38.1 Å². The summed E-state index contributed by atoms with van der Waals surface area (Å²) in [4.78, 5) is 20.9. The molecule has 0 N–H and O–H groups in total. The number of ketones is 1. The lowest BCUT2D eigenvalue weighted by Gasteiger charge is -2.23. The lowest BCUT2D eigenvalue weighted by Crippen LogP contribution is -2.35. The van der Waals surface area contributed by atoms with E-state index in [-0.39, 0.29) is 28.5 Å². The lowest BCUT2D eigenvalue weighted by atomic mass is 9.97. The number of hydrogen-bond acceptors (Lipinski definition) is 7. The number of nitrogens with zero attached hydrogens (tertiary/aromatic N) is 3. The Bertz CT molecular complexity index is 1370. The van der Waals surface area contributed by atoms with Crippen molar-refractivity contribution in [3.8, 4) is 0 Å². The first-order valence-electron chi connectivity index (χ1n) is 10.1. The molecule has 0 fully saturated rings. The maximum absolute atomic E-state index is 15.1. The van der Waals surface area contributed by atoms with Crippen LogP contribution in [0, 0.1) is 17.5 Å². The molecule has 0 aliphatic heterocycles. The summed E-state index contributed by atoms with van der Waals surface area (Å²) >= 11 is -3.09. The Labute approximate surface area is 196 Å². The van der Waals surface area contributed by atoms with Gasteiger partial charge in [0.1, 0.15) is 5.82 Å². The number of fused-ring (bicyclic) bond motifs is 1. The van der Waals surface area contributed by atoms with Gasteiger partial charge in [-0.05, 0) is 49.1 Å². The molecule has 0 saturated heterocycles. The molecular formula is C21H19F3N3O5S2-. The average Bonchev–Trinajstić information content (AvgIpc) is 2.79. The zero-order chi connectivity index (χ0) is 25.0.